The van der Waals surface area contributed by atoms with Gasteiger partial charge in [0.15, 0.2) is 0 Å². The minimum atomic E-state index is -0.600. The van der Waals surface area contributed by atoms with Gasteiger partial charge in [-0.1, -0.05) is 0 Å². The summed E-state index contributed by atoms with van der Waals surface area (Å²) in [6.07, 6.45) is 1.74. The molecule has 24 heavy (non-hydrogen) atoms. The Hall–Kier alpha value is -2.73. The fourth-order valence-electron chi connectivity index (χ4n) is 2.74. The molecule has 1 unspecified atom stereocenters. The van der Waals surface area contributed by atoms with Crippen LogP contribution >= 0.6 is 0 Å². The number of benzene rings is 1. The summed E-state index contributed by atoms with van der Waals surface area (Å²) >= 11 is 0. The van der Waals surface area contributed by atoms with Crippen LogP contribution in [0.4, 0.5) is 0 Å². The number of nitrogens with zero attached hydrogens (tertiary/aromatic N) is 1. The second kappa shape index (κ2) is 6.80. The van der Waals surface area contributed by atoms with Gasteiger partial charge in [0, 0.05) is 42.5 Å². The maximum atomic E-state index is 12.2. The molecule has 2 aromatic heterocycles. The number of aliphatic hydroxyl groups is 1. The second-order valence-corrected chi connectivity index (χ2v) is 5.74. The number of carbonyl (C=O) groups is 1. The first kappa shape index (κ1) is 16.1. The zero-order valence-electron chi connectivity index (χ0n) is 13.7. The van der Waals surface area contributed by atoms with E-state index in [0.717, 1.165) is 22.3 Å². The first-order valence-electron chi connectivity index (χ1n) is 7.82. The lowest BCUT2D eigenvalue weighted by molar-refractivity contribution is 0.0937. The van der Waals surface area contributed by atoms with Crippen molar-refractivity contribution in [1.29, 1.82) is 0 Å². The lowest BCUT2D eigenvalue weighted by Gasteiger charge is -2.12. The summed E-state index contributed by atoms with van der Waals surface area (Å²) in [6.45, 7) is 0.393. The molecule has 0 saturated heterocycles. The highest BCUT2D eigenvalue weighted by atomic mass is 16.5. The molecule has 126 valence electrons. The minimum absolute atomic E-state index is 0.191. The van der Waals surface area contributed by atoms with Gasteiger partial charge in [0.25, 0.3) is 5.91 Å². The SMILES string of the molecule is COc1ccc2cc(C(=O)NCCC(O)c3cccn3C)[nH]c2c1. The van der Waals surface area contributed by atoms with Gasteiger partial charge in [0.1, 0.15) is 11.4 Å². The molecule has 0 aliphatic carbocycles. The van der Waals surface area contributed by atoms with Crippen molar-refractivity contribution in [2.24, 2.45) is 7.05 Å². The van der Waals surface area contributed by atoms with Gasteiger partial charge in [0.2, 0.25) is 0 Å². The zero-order valence-corrected chi connectivity index (χ0v) is 13.7. The van der Waals surface area contributed by atoms with Crippen LogP contribution in [0.3, 0.4) is 0 Å². The summed E-state index contributed by atoms with van der Waals surface area (Å²) in [4.78, 5) is 15.3. The maximum Gasteiger partial charge on any atom is 0.267 e. The standard InChI is InChI=1S/C18H21N3O3/c1-21-9-3-4-16(21)17(22)7-8-19-18(23)15-10-12-5-6-13(24-2)11-14(12)20-15/h3-6,9-11,17,20,22H,7-8H2,1-2H3,(H,19,23). The van der Waals surface area contributed by atoms with E-state index in [1.165, 1.54) is 0 Å². The normalized spacial score (nSPS) is 12.3. The number of rotatable bonds is 6. The Labute approximate surface area is 140 Å². The molecule has 6 heteroatoms. The average molecular weight is 327 g/mol. The molecule has 0 bridgehead atoms. The van der Waals surface area contributed by atoms with E-state index in [2.05, 4.69) is 10.3 Å². The van der Waals surface area contributed by atoms with E-state index < -0.39 is 6.10 Å². The Morgan fingerprint density at radius 2 is 2.21 bits per heavy atom. The third-order valence-corrected chi connectivity index (χ3v) is 4.10. The number of hydrogen-bond acceptors (Lipinski definition) is 3. The first-order chi connectivity index (χ1) is 11.6. The Morgan fingerprint density at radius 3 is 2.92 bits per heavy atom. The predicted molar refractivity (Wildman–Crippen MR) is 92.2 cm³/mol. The van der Waals surface area contributed by atoms with Gasteiger partial charge >= 0.3 is 0 Å². The zero-order chi connectivity index (χ0) is 17.1. The van der Waals surface area contributed by atoms with Crippen molar-refractivity contribution >= 4 is 16.8 Å². The van der Waals surface area contributed by atoms with Crippen LogP contribution in [0.15, 0.2) is 42.6 Å². The van der Waals surface area contributed by atoms with Crippen LogP contribution < -0.4 is 10.1 Å². The molecule has 0 aliphatic heterocycles. The Morgan fingerprint density at radius 1 is 1.38 bits per heavy atom. The number of fused-ring (bicyclic) bond motifs is 1. The van der Waals surface area contributed by atoms with E-state index in [1.807, 2.05) is 48.1 Å². The molecule has 0 fully saturated rings. The van der Waals surface area contributed by atoms with E-state index in [1.54, 1.807) is 13.2 Å². The van der Waals surface area contributed by atoms with E-state index in [9.17, 15) is 9.90 Å². The molecule has 0 spiro atoms. The summed E-state index contributed by atoms with van der Waals surface area (Å²) in [5, 5.41) is 13.9. The Kier molecular flexibility index (Phi) is 4.57. The molecule has 0 aliphatic rings. The molecule has 6 nitrogen and oxygen atoms in total. The summed E-state index contributed by atoms with van der Waals surface area (Å²) in [5.74, 6) is 0.547. The average Bonchev–Trinajstić information content (AvgIpc) is 3.19. The molecule has 3 rings (SSSR count). The van der Waals surface area contributed by atoms with Crippen molar-refractivity contribution < 1.29 is 14.6 Å². The maximum absolute atomic E-state index is 12.2. The van der Waals surface area contributed by atoms with E-state index in [0.29, 0.717) is 18.7 Å². The van der Waals surface area contributed by atoms with Gasteiger partial charge < -0.3 is 24.7 Å². The lowest BCUT2D eigenvalue weighted by atomic mass is 10.2. The quantitative estimate of drug-likeness (QED) is 0.650. The number of aromatic nitrogens is 2. The van der Waals surface area contributed by atoms with Crippen molar-refractivity contribution in [3.8, 4) is 5.75 Å². The van der Waals surface area contributed by atoms with Gasteiger partial charge in [-0.3, -0.25) is 4.79 Å². The number of H-pyrrole nitrogens is 1. The van der Waals surface area contributed by atoms with Crippen molar-refractivity contribution in [2.45, 2.75) is 12.5 Å². The van der Waals surface area contributed by atoms with Crippen molar-refractivity contribution in [3.05, 3.63) is 54.0 Å². The third kappa shape index (κ3) is 3.28. The van der Waals surface area contributed by atoms with Gasteiger partial charge in [-0.05, 0) is 36.8 Å². The molecule has 1 aromatic carbocycles. The number of methoxy groups -OCH3 is 1. The minimum Gasteiger partial charge on any atom is -0.497 e. The smallest absolute Gasteiger partial charge is 0.267 e. The topological polar surface area (TPSA) is 79.3 Å². The molecular formula is C18H21N3O3. The molecule has 3 N–H and O–H groups in total. The first-order valence-corrected chi connectivity index (χ1v) is 7.82. The number of amides is 1. The Bertz CT molecular complexity index is 850. The number of aromatic amines is 1. The second-order valence-electron chi connectivity index (χ2n) is 5.74. The van der Waals surface area contributed by atoms with Crippen molar-refractivity contribution in [3.63, 3.8) is 0 Å². The van der Waals surface area contributed by atoms with Gasteiger partial charge in [-0.25, -0.2) is 0 Å². The van der Waals surface area contributed by atoms with Crippen LogP contribution in [0.5, 0.6) is 5.75 Å². The predicted octanol–water partition coefficient (Wildman–Crippen LogP) is 2.37. The molecule has 0 radical (unpaired) electrons. The lowest BCUT2D eigenvalue weighted by Crippen LogP contribution is -2.26. The molecular weight excluding hydrogens is 306 g/mol. The van der Waals surface area contributed by atoms with Crippen molar-refractivity contribution in [2.75, 3.05) is 13.7 Å². The highest BCUT2D eigenvalue weighted by Crippen LogP contribution is 2.21. The van der Waals surface area contributed by atoms with Crippen LogP contribution in [0, 0.1) is 0 Å². The van der Waals surface area contributed by atoms with Gasteiger partial charge in [-0.15, -0.1) is 0 Å². The number of aliphatic hydroxyl groups excluding tert-OH is 1. The fourth-order valence-corrected chi connectivity index (χ4v) is 2.74. The van der Waals surface area contributed by atoms with E-state index in [-0.39, 0.29) is 5.91 Å². The summed E-state index contributed by atoms with van der Waals surface area (Å²) in [5.41, 5.74) is 2.18. The summed E-state index contributed by atoms with van der Waals surface area (Å²) in [7, 11) is 3.49. The monoisotopic (exact) mass is 327 g/mol. The van der Waals surface area contributed by atoms with Crippen LogP contribution in [0.1, 0.15) is 28.7 Å². The number of ether oxygens (including phenoxy) is 1. The highest BCUT2D eigenvalue weighted by molar-refractivity contribution is 5.98. The van der Waals surface area contributed by atoms with E-state index in [4.69, 9.17) is 4.74 Å². The Balaban J connectivity index is 1.60. The molecule has 0 saturated carbocycles. The summed E-state index contributed by atoms with van der Waals surface area (Å²) in [6, 6.07) is 11.2. The fraction of sp³-hybridized carbons (Fsp3) is 0.278. The summed E-state index contributed by atoms with van der Waals surface area (Å²) < 4.78 is 7.05. The van der Waals surface area contributed by atoms with Gasteiger partial charge in [-0.2, -0.15) is 0 Å². The number of aryl methyl sites for hydroxylation is 1. The molecule has 1 amide bonds. The molecule has 1 atom stereocenters. The number of hydrogen-bond donors (Lipinski definition) is 3. The number of nitrogens with one attached hydrogen (secondary N) is 2. The van der Waals surface area contributed by atoms with Gasteiger partial charge in [0.05, 0.1) is 13.2 Å². The van der Waals surface area contributed by atoms with Crippen LogP contribution in [-0.2, 0) is 7.05 Å². The van der Waals surface area contributed by atoms with Crippen LogP contribution in [0.25, 0.3) is 10.9 Å². The third-order valence-electron chi connectivity index (χ3n) is 4.10. The van der Waals surface area contributed by atoms with Crippen LogP contribution in [0.2, 0.25) is 0 Å². The van der Waals surface area contributed by atoms with E-state index >= 15 is 0 Å². The van der Waals surface area contributed by atoms with Crippen molar-refractivity contribution in [1.82, 2.24) is 14.9 Å². The molecule has 3 aromatic rings. The van der Waals surface area contributed by atoms with Crippen LogP contribution in [-0.4, -0.2) is 34.2 Å². The highest BCUT2D eigenvalue weighted by Gasteiger charge is 2.13. The molecule has 2 heterocycles. The largest absolute Gasteiger partial charge is 0.497 e. The number of carbonyl (C=O) groups excluding carboxylic acids is 1.